The number of amides is 10. The van der Waals surface area contributed by atoms with Crippen LogP contribution in [0.5, 0.6) is 0 Å². The monoisotopic (exact) mass is 1480 g/mol. The third-order valence-electron chi connectivity index (χ3n) is 13.2. The molecule has 0 aliphatic rings. The number of carbonyl (C=O) groups is 11. The molecule has 0 saturated heterocycles. The van der Waals surface area contributed by atoms with Crippen LogP contribution in [-0.2, 0) is 52.7 Å². The van der Waals surface area contributed by atoms with Crippen LogP contribution in [0.1, 0.15) is 144 Å². The van der Waals surface area contributed by atoms with E-state index in [9.17, 15) is 52.7 Å². The maximum atomic E-state index is 11.5. The van der Waals surface area contributed by atoms with Gasteiger partial charge in [-0.15, -0.1) is 0 Å². The number of nitrogens with one attached hydrogen (secondary N) is 15. The van der Waals surface area contributed by atoms with Crippen molar-refractivity contribution in [1.82, 2.24) is 84.7 Å². The first kappa shape index (κ1) is 107. The number of hydrogen-bond donors (Lipinski definition) is 15. The summed E-state index contributed by atoms with van der Waals surface area (Å²) < 4.78 is 0. The van der Waals surface area contributed by atoms with Gasteiger partial charge in [-0.3, -0.25) is 57.6 Å². The van der Waals surface area contributed by atoms with Gasteiger partial charge >= 0.3 is 0 Å². The molecular weight excluding hydrogens is 1340 g/mol. The van der Waals surface area contributed by atoms with E-state index in [0.29, 0.717) is 78.3 Å². The van der Waals surface area contributed by atoms with Crippen molar-refractivity contribution in [3.8, 4) is 0 Å². The van der Waals surface area contributed by atoms with Crippen LogP contribution in [0.3, 0.4) is 0 Å². The second-order valence-corrected chi connectivity index (χ2v) is 29.9. The fourth-order valence-corrected chi connectivity index (χ4v) is 7.82. The Morgan fingerprint density at radius 3 is 0.933 bits per heavy atom. The fraction of sp³-hybridized carbons (Fsp3) is 0.577. The number of carbonyl (C=O) groups excluding carboxylic acids is 11. The molecular formula is C78H140N16O11. The van der Waals surface area contributed by atoms with Gasteiger partial charge in [-0.25, -0.2) is 0 Å². The molecule has 0 aliphatic carbocycles. The minimum absolute atomic E-state index is 0.0105. The highest BCUT2D eigenvalue weighted by atomic mass is 16.2. The minimum atomic E-state index is -0.811. The maximum Gasteiger partial charge on any atom is 0.243 e. The molecule has 0 heterocycles. The van der Waals surface area contributed by atoms with Crippen LogP contribution in [0.2, 0.25) is 0 Å². The highest BCUT2D eigenvalue weighted by molar-refractivity contribution is 5.91. The molecule has 0 aliphatic heterocycles. The smallest absolute Gasteiger partial charge is 0.243 e. The summed E-state index contributed by atoms with van der Waals surface area (Å²) in [4.78, 5) is 125. The summed E-state index contributed by atoms with van der Waals surface area (Å²) in [6.07, 6.45) is 15.5. The predicted octanol–water partition coefficient (Wildman–Crippen LogP) is 4.63. The lowest BCUT2D eigenvalue weighted by Crippen LogP contribution is -2.68. The third-order valence-corrected chi connectivity index (χ3v) is 13.2. The minimum Gasteiger partial charge on any atom is -0.353 e. The van der Waals surface area contributed by atoms with Gasteiger partial charge in [-0.05, 0) is 211 Å². The van der Waals surface area contributed by atoms with Gasteiger partial charge in [0.15, 0.2) is 5.78 Å². The summed E-state index contributed by atoms with van der Waals surface area (Å²) in [5.74, 6) is -2.16. The van der Waals surface area contributed by atoms with Crippen molar-refractivity contribution in [2.45, 2.75) is 189 Å². The molecule has 0 bridgehead atoms. The molecule has 0 spiro atoms. The Labute approximate surface area is 631 Å². The molecule has 0 aromatic rings. The number of allylic oxidation sites excluding steroid dienone is 1. The summed E-state index contributed by atoms with van der Waals surface area (Å²) in [5, 5.41) is 43.9. The summed E-state index contributed by atoms with van der Waals surface area (Å²) in [5.41, 5.74) is -0.951. The first-order valence-corrected chi connectivity index (χ1v) is 35.1. The quantitative estimate of drug-likeness (QED) is 0.0292. The predicted molar refractivity (Wildman–Crippen MR) is 432 cm³/mol. The van der Waals surface area contributed by atoms with Crippen molar-refractivity contribution in [2.75, 3.05) is 98.2 Å². The summed E-state index contributed by atoms with van der Waals surface area (Å²) in [6, 6.07) is -0.0846. The average molecular weight is 1480 g/mol. The van der Waals surface area contributed by atoms with Crippen LogP contribution in [-0.4, -0.2) is 213 Å². The van der Waals surface area contributed by atoms with Gasteiger partial charge in [0.1, 0.15) is 0 Å². The largest absolute Gasteiger partial charge is 0.353 e. The van der Waals surface area contributed by atoms with E-state index in [2.05, 4.69) is 240 Å². The maximum absolute atomic E-state index is 11.5. The molecule has 0 fully saturated rings. The number of nitrogens with zero attached hydrogens (tertiary/aromatic N) is 1. The van der Waals surface area contributed by atoms with E-state index in [1.54, 1.807) is 0 Å². The van der Waals surface area contributed by atoms with Gasteiger partial charge in [0.2, 0.25) is 59.1 Å². The van der Waals surface area contributed by atoms with Crippen LogP contribution in [0.15, 0.2) is 139 Å². The lowest BCUT2D eigenvalue weighted by atomic mass is 9.93. The molecule has 15 N–H and O–H groups in total. The highest BCUT2D eigenvalue weighted by Crippen LogP contribution is 2.13. The van der Waals surface area contributed by atoms with Crippen molar-refractivity contribution in [3.63, 3.8) is 0 Å². The molecule has 1 unspecified atom stereocenters. The van der Waals surface area contributed by atoms with E-state index in [0.717, 1.165) is 37.7 Å². The Morgan fingerprint density at radius 2 is 0.619 bits per heavy atom. The zero-order valence-corrected chi connectivity index (χ0v) is 67.4. The normalized spacial score (nSPS) is 11.3. The lowest BCUT2D eigenvalue weighted by molar-refractivity contribution is -0.118. The molecule has 598 valence electrons. The summed E-state index contributed by atoms with van der Waals surface area (Å²) in [6.45, 7) is 82.9. The van der Waals surface area contributed by atoms with Crippen LogP contribution in [0, 0.1) is 5.92 Å². The number of ketones is 1. The Balaban J connectivity index is -0.000000284. The van der Waals surface area contributed by atoms with E-state index >= 15 is 0 Å². The molecule has 0 aromatic heterocycles. The van der Waals surface area contributed by atoms with Gasteiger partial charge in [-0.2, -0.15) is 0 Å². The van der Waals surface area contributed by atoms with E-state index in [1.807, 2.05) is 41.5 Å². The molecule has 0 saturated carbocycles. The zero-order chi connectivity index (χ0) is 82.7. The number of rotatable bonds is 43. The Hall–Kier alpha value is -8.73. The Bertz CT molecular complexity index is 2630. The number of hydrogen-bond acceptors (Lipinski definition) is 17. The SMILES string of the molecule is C=CC(=O)CCC(CNC(C)(C)C)NC(=O)C=C.C=CC(=O)NCC(CNC(=O)C=C)(CNC(=O)C=C)NC(C)(C)C.C=CC(=O)NCC(CNC(=O)C=C)CNC(C)(C)C.C=CC(=O)NCCCNC(C)(C)C.C=CC(=O)NCCN(CCNC(=O)C=C)C(C)(C)C.C=CC(=O)NCCNC(C)(C)C. The van der Waals surface area contributed by atoms with E-state index in [1.165, 1.54) is 48.6 Å². The van der Waals surface area contributed by atoms with Gasteiger partial charge in [0.05, 0.1) is 5.54 Å². The van der Waals surface area contributed by atoms with Gasteiger partial charge in [0, 0.05) is 143 Å². The van der Waals surface area contributed by atoms with Crippen LogP contribution in [0.25, 0.3) is 0 Å². The van der Waals surface area contributed by atoms with Crippen LogP contribution < -0.4 is 79.8 Å². The zero-order valence-electron chi connectivity index (χ0n) is 67.4. The van der Waals surface area contributed by atoms with Crippen LogP contribution >= 0.6 is 0 Å². The van der Waals surface area contributed by atoms with Crippen molar-refractivity contribution in [1.29, 1.82) is 0 Å². The summed E-state index contributed by atoms with van der Waals surface area (Å²) >= 11 is 0. The summed E-state index contributed by atoms with van der Waals surface area (Å²) in [7, 11) is 0. The van der Waals surface area contributed by atoms with Crippen molar-refractivity contribution in [3.05, 3.63) is 139 Å². The Morgan fingerprint density at radius 1 is 0.314 bits per heavy atom. The average Bonchev–Trinajstić information content (AvgIpc) is 0.831. The van der Waals surface area contributed by atoms with E-state index in [4.69, 9.17) is 0 Å². The molecule has 27 nitrogen and oxygen atoms in total. The molecule has 10 amide bonds. The van der Waals surface area contributed by atoms with Gasteiger partial charge in [-0.1, -0.05) is 72.4 Å². The first-order valence-electron chi connectivity index (χ1n) is 35.1. The topological polar surface area (TPSA) is 371 Å². The Kier molecular flexibility index (Phi) is 60.8. The molecule has 1 atom stereocenters. The molecule has 105 heavy (non-hydrogen) atoms. The molecule has 0 radical (unpaired) electrons. The second-order valence-electron chi connectivity index (χ2n) is 29.9. The van der Waals surface area contributed by atoms with Crippen molar-refractivity contribution >= 4 is 64.9 Å². The lowest BCUT2D eigenvalue weighted by Gasteiger charge is -2.41. The second kappa shape index (κ2) is 59.5. The highest BCUT2D eigenvalue weighted by Gasteiger charge is 2.35. The van der Waals surface area contributed by atoms with Crippen molar-refractivity contribution in [2.24, 2.45) is 5.92 Å². The molecule has 27 heteroatoms. The van der Waals surface area contributed by atoms with E-state index < -0.39 is 5.54 Å². The first-order chi connectivity index (χ1) is 48.3. The fourth-order valence-electron chi connectivity index (χ4n) is 7.82. The van der Waals surface area contributed by atoms with Gasteiger partial charge < -0.3 is 79.8 Å². The van der Waals surface area contributed by atoms with Crippen molar-refractivity contribution < 1.29 is 52.7 Å². The van der Waals surface area contributed by atoms with E-state index in [-0.39, 0.29) is 130 Å². The molecule has 0 rings (SSSR count). The van der Waals surface area contributed by atoms with Crippen LogP contribution in [0.4, 0.5) is 0 Å². The standard InChI is InChI=1S/C17H28N4O3.2C14H25N3O2.C14H24N2O2.C10H20N2O.C9H18N2O/c1-7-13(22)18-10-17(21-16(4,5)6,11-19-14(23)8-2)12-20-15(24)9-3;1-6-12(18)15-8-11(9-16-13(19)7-2)10-17-14(3,4)5;1-6-12(18)15-8-10-17(14(3,4)5)11-9-16-13(19)7-2;1-6-12(17)9-8-11(16-13(18)7-2)10-15-14(3,4)5;1-5-9(13)11-7-6-8-12-10(2,3)4;1-5-8(12)10-6-7-11-9(2,3)4/h7-9,21H,1-3,10-12H2,4-6H3,(H,18,22)(H,19,23)(H,20,24);6-7,11,17H,1-2,8-10H2,3-5H3,(H,15,18)(H,16,19);6-7H,1-2,8-11H2,3-5H3,(H,15,18)(H,16,19);6-7,11,15H,1-2,8-10H2,3-5H3,(H,16,18);5,12H,1,6-8H2,2-4H3,(H,11,13);5,11H,1,6-7H2,2-4H3,(H,10,12). The molecule has 0 aromatic carbocycles. The third kappa shape index (κ3) is 77.7. The van der Waals surface area contributed by atoms with Gasteiger partial charge in [0.25, 0.3) is 0 Å².